The predicted octanol–water partition coefficient (Wildman–Crippen LogP) is 3.91. The number of piperazine rings is 1. The first-order valence-electron chi connectivity index (χ1n) is 10.6. The molecule has 1 saturated heterocycles. The van der Waals surface area contributed by atoms with Gasteiger partial charge in [-0.05, 0) is 49.4 Å². The summed E-state index contributed by atoms with van der Waals surface area (Å²) in [4.78, 5) is 31.0. The number of para-hydroxylation sites is 1. The van der Waals surface area contributed by atoms with Gasteiger partial charge in [-0.1, -0.05) is 31.0 Å². The van der Waals surface area contributed by atoms with Gasteiger partial charge in [0.2, 0.25) is 0 Å². The smallest absolute Gasteiger partial charge is 0.348 e. The average molecular weight is 413 g/mol. The van der Waals surface area contributed by atoms with Crippen LogP contribution in [0.3, 0.4) is 0 Å². The molecule has 6 heteroatoms. The molecule has 2 aromatic rings. The molecule has 1 amide bonds. The highest BCUT2D eigenvalue weighted by atomic mass is 32.1. The zero-order chi connectivity index (χ0) is 20.1. The molecule has 0 atom stereocenters. The highest BCUT2D eigenvalue weighted by Crippen LogP contribution is 2.29. The number of hydrogen-bond donors (Lipinski definition) is 0. The Labute approximate surface area is 176 Å². The standard InChI is InChI=1S/C23H28N2O3S/c26-22(25-14-12-24(13-15-25)19-9-5-3-6-10-19)17-28-23(27)21-16-18-8-4-1-2-7-11-20(18)29-21/h3,5-6,9-10,16H,1-2,4,7-8,11-15,17H2. The Morgan fingerprint density at radius 3 is 2.41 bits per heavy atom. The van der Waals surface area contributed by atoms with Gasteiger partial charge in [-0.15, -0.1) is 11.3 Å². The van der Waals surface area contributed by atoms with Crippen LogP contribution in [0.2, 0.25) is 0 Å². The van der Waals surface area contributed by atoms with E-state index in [0.29, 0.717) is 18.0 Å². The number of amides is 1. The number of nitrogens with zero attached hydrogens (tertiary/aromatic N) is 2. The lowest BCUT2D eigenvalue weighted by atomic mass is 10.00. The Bertz CT molecular complexity index is 816. The molecule has 1 aromatic heterocycles. The molecule has 1 aliphatic heterocycles. The minimum absolute atomic E-state index is 0.110. The third-order valence-corrected chi connectivity index (χ3v) is 7.00. The second kappa shape index (κ2) is 9.44. The second-order valence-corrected chi connectivity index (χ2v) is 8.89. The number of ether oxygens (including phenoxy) is 1. The molecule has 1 fully saturated rings. The van der Waals surface area contributed by atoms with Gasteiger partial charge in [-0.3, -0.25) is 4.79 Å². The molecule has 0 bridgehead atoms. The van der Waals surface area contributed by atoms with Crippen LogP contribution in [0.1, 0.15) is 45.8 Å². The molecule has 0 N–H and O–H groups in total. The van der Waals surface area contributed by atoms with Crippen LogP contribution in [-0.4, -0.2) is 49.6 Å². The van der Waals surface area contributed by atoms with Crippen molar-refractivity contribution in [2.45, 2.75) is 38.5 Å². The fourth-order valence-electron chi connectivity index (χ4n) is 4.09. The van der Waals surface area contributed by atoms with Crippen molar-refractivity contribution in [1.29, 1.82) is 0 Å². The molecule has 154 valence electrons. The fourth-order valence-corrected chi connectivity index (χ4v) is 5.23. The second-order valence-electron chi connectivity index (χ2n) is 7.75. The monoisotopic (exact) mass is 412 g/mol. The number of esters is 1. The third-order valence-electron chi connectivity index (χ3n) is 5.78. The highest BCUT2D eigenvalue weighted by Gasteiger charge is 2.23. The Kier molecular flexibility index (Phi) is 6.49. The minimum atomic E-state index is -0.363. The molecule has 2 heterocycles. The van der Waals surface area contributed by atoms with Gasteiger partial charge in [0.15, 0.2) is 6.61 Å². The summed E-state index contributed by atoms with van der Waals surface area (Å²) in [7, 11) is 0. The van der Waals surface area contributed by atoms with Crippen molar-refractivity contribution in [2.75, 3.05) is 37.7 Å². The lowest BCUT2D eigenvalue weighted by Crippen LogP contribution is -2.49. The van der Waals surface area contributed by atoms with Gasteiger partial charge in [-0.25, -0.2) is 4.79 Å². The van der Waals surface area contributed by atoms with Gasteiger partial charge in [0.25, 0.3) is 5.91 Å². The fraction of sp³-hybridized carbons (Fsp3) is 0.478. The molecule has 0 radical (unpaired) electrons. The van der Waals surface area contributed by atoms with E-state index >= 15 is 0 Å². The summed E-state index contributed by atoms with van der Waals surface area (Å²) in [5, 5.41) is 0. The van der Waals surface area contributed by atoms with Gasteiger partial charge in [-0.2, -0.15) is 0 Å². The highest BCUT2D eigenvalue weighted by molar-refractivity contribution is 7.14. The minimum Gasteiger partial charge on any atom is -0.451 e. The summed E-state index contributed by atoms with van der Waals surface area (Å²) in [5.74, 6) is -0.473. The number of benzene rings is 1. The summed E-state index contributed by atoms with van der Waals surface area (Å²) in [6, 6.07) is 12.2. The lowest BCUT2D eigenvalue weighted by molar-refractivity contribution is -0.134. The van der Waals surface area contributed by atoms with Crippen LogP contribution in [0.25, 0.3) is 0 Å². The lowest BCUT2D eigenvalue weighted by Gasteiger charge is -2.36. The normalized spacial score (nSPS) is 17.2. The number of carbonyl (C=O) groups excluding carboxylic acids is 2. The average Bonchev–Trinajstić information content (AvgIpc) is 3.14. The van der Waals surface area contributed by atoms with Crippen molar-refractivity contribution in [2.24, 2.45) is 0 Å². The van der Waals surface area contributed by atoms with Gasteiger partial charge in [0, 0.05) is 36.7 Å². The molecule has 0 saturated carbocycles. The zero-order valence-corrected chi connectivity index (χ0v) is 17.6. The van der Waals surface area contributed by atoms with Gasteiger partial charge in [0.05, 0.1) is 0 Å². The van der Waals surface area contributed by atoms with Crippen LogP contribution in [0, 0.1) is 0 Å². The Morgan fingerprint density at radius 1 is 0.931 bits per heavy atom. The topological polar surface area (TPSA) is 49.9 Å². The Balaban J connectivity index is 1.26. The predicted molar refractivity (Wildman–Crippen MR) is 116 cm³/mol. The maximum atomic E-state index is 12.5. The summed E-state index contributed by atoms with van der Waals surface area (Å²) in [6.45, 7) is 2.71. The molecule has 2 aliphatic rings. The van der Waals surface area contributed by atoms with Gasteiger partial charge < -0.3 is 14.5 Å². The third kappa shape index (κ3) is 4.99. The summed E-state index contributed by atoms with van der Waals surface area (Å²) in [6.07, 6.45) is 7.01. The molecule has 5 nitrogen and oxygen atoms in total. The van der Waals surface area contributed by atoms with Gasteiger partial charge >= 0.3 is 5.97 Å². The SMILES string of the molecule is O=C(OCC(=O)N1CCN(c2ccccc2)CC1)c1cc2c(s1)CCCCCC2. The van der Waals surface area contributed by atoms with E-state index in [-0.39, 0.29) is 18.5 Å². The van der Waals surface area contributed by atoms with Crippen LogP contribution in [0.4, 0.5) is 5.69 Å². The Hall–Kier alpha value is -2.34. The van der Waals surface area contributed by atoms with Crippen molar-refractivity contribution < 1.29 is 14.3 Å². The molecule has 29 heavy (non-hydrogen) atoms. The molecular formula is C23H28N2O3S. The van der Waals surface area contributed by atoms with E-state index in [9.17, 15) is 9.59 Å². The molecule has 4 rings (SSSR count). The first kappa shape index (κ1) is 20.0. The van der Waals surface area contributed by atoms with Crippen LogP contribution in [-0.2, 0) is 22.4 Å². The first-order valence-corrected chi connectivity index (χ1v) is 11.4. The van der Waals surface area contributed by atoms with Crippen LogP contribution in [0.5, 0.6) is 0 Å². The number of carbonyl (C=O) groups is 2. The molecule has 0 spiro atoms. The van der Waals surface area contributed by atoms with E-state index in [1.807, 2.05) is 24.3 Å². The van der Waals surface area contributed by atoms with Crippen LogP contribution < -0.4 is 4.90 Å². The van der Waals surface area contributed by atoms with Crippen molar-refractivity contribution in [3.8, 4) is 0 Å². The van der Waals surface area contributed by atoms with Gasteiger partial charge in [0.1, 0.15) is 4.88 Å². The molecule has 1 aliphatic carbocycles. The van der Waals surface area contributed by atoms with E-state index in [2.05, 4.69) is 17.0 Å². The van der Waals surface area contributed by atoms with E-state index in [0.717, 1.165) is 25.9 Å². The zero-order valence-electron chi connectivity index (χ0n) is 16.8. The van der Waals surface area contributed by atoms with E-state index < -0.39 is 0 Å². The summed E-state index contributed by atoms with van der Waals surface area (Å²) >= 11 is 1.55. The van der Waals surface area contributed by atoms with Crippen LogP contribution >= 0.6 is 11.3 Å². The maximum Gasteiger partial charge on any atom is 0.348 e. The van der Waals surface area contributed by atoms with E-state index in [1.54, 1.807) is 16.2 Å². The molecule has 1 aromatic carbocycles. The number of rotatable bonds is 4. The number of anilines is 1. The van der Waals surface area contributed by atoms with Crippen molar-refractivity contribution in [3.05, 3.63) is 51.7 Å². The maximum absolute atomic E-state index is 12.5. The molecule has 0 unspecified atom stereocenters. The number of thiophene rings is 1. The quantitative estimate of drug-likeness (QED) is 0.715. The summed E-state index contributed by atoms with van der Waals surface area (Å²) in [5.41, 5.74) is 2.48. The molecular weight excluding hydrogens is 384 g/mol. The van der Waals surface area contributed by atoms with Crippen molar-refractivity contribution >= 4 is 28.9 Å². The number of aryl methyl sites for hydroxylation is 2. The Morgan fingerprint density at radius 2 is 1.66 bits per heavy atom. The number of hydrogen-bond acceptors (Lipinski definition) is 5. The van der Waals surface area contributed by atoms with Crippen LogP contribution in [0.15, 0.2) is 36.4 Å². The van der Waals surface area contributed by atoms with E-state index in [4.69, 9.17) is 4.74 Å². The summed E-state index contributed by atoms with van der Waals surface area (Å²) < 4.78 is 5.36. The number of fused-ring (bicyclic) bond motifs is 1. The van der Waals surface area contributed by atoms with E-state index in [1.165, 1.54) is 41.8 Å². The largest absolute Gasteiger partial charge is 0.451 e. The van der Waals surface area contributed by atoms with Crippen molar-refractivity contribution in [1.82, 2.24) is 4.90 Å². The van der Waals surface area contributed by atoms with Crippen molar-refractivity contribution in [3.63, 3.8) is 0 Å². The first-order chi connectivity index (χ1) is 14.2.